The van der Waals surface area contributed by atoms with Crippen molar-refractivity contribution in [2.24, 2.45) is 0 Å². The maximum Gasteiger partial charge on any atom is 0.372 e. The molecule has 0 aliphatic carbocycles. The Kier molecular flexibility index (Phi) is 4.13. The maximum atomic E-state index is 13.8. The lowest BCUT2D eigenvalue weighted by atomic mass is 10.1. The molecule has 118 valence electrons. The van der Waals surface area contributed by atoms with Crippen molar-refractivity contribution in [2.75, 3.05) is 32.7 Å². The maximum absolute atomic E-state index is 13.8. The van der Waals surface area contributed by atoms with Gasteiger partial charge in [0.1, 0.15) is 0 Å². The fourth-order valence-corrected chi connectivity index (χ4v) is 2.95. The number of hydrogen-bond acceptors (Lipinski definition) is 4. The average molecular weight is 306 g/mol. The monoisotopic (exact) mass is 306 g/mol. The Morgan fingerprint density at radius 1 is 1.27 bits per heavy atom. The van der Waals surface area contributed by atoms with Gasteiger partial charge in [-0.15, -0.1) is 0 Å². The summed E-state index contributed by atoms with van der Waals surface area (Å²) in [6, 6.07) is 4.57. The van der Waals surface area contributed by atoms with Crippen molar-refractivity contribution in [1.82, 2.24) is 9.80 Å². The molecule has 2 heterocycles. The van der Waals surface area contributed by atoms with Gasteiger partial charge in [0, 0.05) is 43.7 Å². The summed E-state index contributed by atoms with van der Waals surface area (Å²) in [6.07, 6.45) is 0. The minimum atomic E-state index is -1.15. The number of rotatable bonds is 4. The summed E-state index contributed by atoms with van der Waals surface area (Å²) in [5, 5.41) is 9.88. The summed E-state index contributed by atoms with van der Waals surface area (Å²) in [5.74, 6) is -1.84. The molecule has 0 unspecified atom stereocenters. The van der Waals surface area contributed by atoms with Crippen molar-refractivity contribution in [3.05, 3.63) is 35.3 Å². The van der Waals surface area contributed by atoms with E-state index in [9.17, 15) is 14.3 Å². The minimum Gasteiger partial charge on any atom is -0.475 e. The molecule has 1 aromatic carbocycles. The zero-order valence-electron chi connectivity index (χ0n) is 12.5. The number of para-hydroxylation sites is 1. The zero-order chi connectivity index (χ0) is 15.7. The third kappa shape index (κ3) is 2.71. The number of carboxylic acids is 1. The second-order valence-corrected chi connectivity index (χ2v) is 5.54. The van der Waals surface area contributed by atoms with Crippen LogP contribution in [0.3, 0.4) is 0 Å². The zero-order valence-corrected chi connectivity index (χ0v) is 12.5. The molecule has 6 heteroatoms. The third-order valence-corrected chi connectivity index (χ3v) is 4.26. The fraction of sp³-hybridized carbons (Fsp3) is 0.438. The topological polar surface area (TPSA) is 56.9 Å². The Labute approximate surface area is 127 Å². The van der Waals surface area contributed by atoms with Crippen LogP contribution in [0.25, 0.3) is 11.0 Å². The molecule has 5 nitrogen and oxygen atoms in total. The van der Waals surface area contributed by atoms with Gasteiger partial charge in [0.2, 0.25) is 5.76 Å². The fourth-order valence-electron chi connectivity index (χ4n) is 2.95. The first-order chi connectivity index (χ1) is 10.6. The van der Waals surface area contributed by atoms with Crippen LogP contribution in [0.1, 0.15) is 23.0 Å². The predicted molar refractivity (Wildman–Crippen MR) is 80.5 cm³/mol. The van der Waals surface area contributed by atoms with Crippen LogP contribution >= 0.6 is 0 Å². The van der Waals surface area contributed by atoms with Crippen LogP contribution in [-0.4, -0.2) is 53.6 Å². The van der Waals surface area contributed by atoms with Gasteiger partial charge in [-0.05, 0) is 12.6 Å². The van der Waals surface area contributed by atoms with Crippen LogP contribution in [0, 0.1) is 5.82 Å². The molecule has 2 aromatic rings. The number of fused-ring (bicyclic) bond motifs is 1. The molecule has 0 spiro atoms. The lowest BCUT2D eigenvalue weighted by Crippen LogP contribution is -2.45. The lowest BCUT2D eigenvalue weighted by molar-refractivity contribution is 0.0659. The lowest BCUT2D eigenvalue weighted by Gasteiger charge is -2.33. The summed E-state index contributed by atoms with van der Waals surface area (Å²) >= 11 is 0. The number of carbonyl (C=O) groups is 1. The van der Waals surface area contributed by atoms with Crippen LogP contribution in [0.4, 0.5) is 4.39 Å². The summed E-state index contributed by atoms with van der Waals surface area (Å²) in [5.41, 5.74) is 0.592. The number of likely N-dealkylation sites (N-methyl/N-ethyl adjacent to an activating group) is 1. The number of carboxylic acid groups (broad SMARTS) is 1. The first-order valence-corrected chi connectivity index (χ1v) is 7.48. The molecule has 1 fully saturated rings. The number of piperazine rings is 1. The van der Waals surface area contributed by atoms with Gasteiger partial charge in [0.05, 0.1) is 0 Å². The van der Waals surface area contributed by atoms with Crippen LogP contribution in [0.15, 0.2) is 22.6 Å². The minimum absolute atomic E-state index is 0.0297. The number of halogens is 1. The van der Waals surface area contributed by atoms with Crippen LogP contribution in [0.2, 0.25) is 0 Å². The summed E-state index contributed by atoms with van der Waals surface area (Å²) in [4.78, 5) is 15.9. The standard InChI is InChI=1S/C16H19FN2O3/c1-2-18-6-8-19(9-7-18)10-12-11-4-3-5-13(17)14(11)22-15(12)16(20)21/h3-5H,2,6-10H2,1H3,(H,20,21). The SMILES string of the molecule is CCN1CCN(Cc2c(C(=O)O)oc3c(F)cccc23)CC1. The Morgan fingerprint density at radius 3 is 2.59 bits per heavy atom. The number of hydrogen-bond donors (Lipinski definition) is 1. The third-order valence-electron chi connectivity index (χ3n) is 4.26. The van der Waals surface area contributed by atoms with Gasteiger partial charge in [0.15, 0.2) is 11.4 Å². The molecule has 0 saturated carbocycles. The van der Waals surface area contributed by atoms with E-state index in [1.54, 1.807) is 12.1 Å². The first-order valence-electron chi connectivity index (χ1n) is 7.48. The molecule has 3 rings (SSSR count). The molecule has 1 aliphatic rings. The van der Waals surface area contributed by atoms with Crippen molar-refractivity contribution in [3.63, 3.8) is 0 Å². The number of furan rings is 1. The Morgan fingerprint density at radius 2 is 1.95 bits per heavy atom. The highest BCUT2D eigenvalue weighted by atomic mass is 19.1. The molecule has 22 heavy (non-hydrogen) atoms. The molecule has 1 aliphatic heterocycles. The Balaban J connectivity index is 1.91. The van der Waals surface area contributed by atoms with Gasteiger partial charge < -0.3 is 14.4 Å². The van der Waals surface area contributed by atoms with Crippen molar-refractivity contribution in [1.29, 1.82) is 0 Å². The van der Waals surface area contributed by atoms with Crippen LogP contribution in [0.5, 0.6) is 0 Å². The molecular formula is C16H19FN2O3. The molecule has 0 radical (unpaired) electrons. The van der Waals surface area contributed by atoms with E-state index in [2.05, 4.69) is 16.7 Å². The van der Waals surface area contributed by atoms with Crippen molar-refractivity contribution in [3.8, 4) is 0 Å². The molecule has 1 saturated heterocycles. The van der Waals surface area contributed by atoms with E-state index < -0.39 is 11.8 Å². The first kappa shape index (κ1) is 15.0. The summed E-state index contributed by atoms with van der Waals surface area (Å²) in [6.45, 7) is 7.28. The van der Waals surface area contributed by atoms with E-state index in [1.165, 1.54) is 6.07 Å². The molecule has 1 N–H and O–H groups in total. The van der Waals surface area contributed by atoms with E-state index in [0.717, 1.165) is 32.7 Å². The van der Waals surface area contributed by atoms with E-state index in [1.807, 2.05) is 0 Å². The highest BCUT2D eigenvalue weighted by Crippen LogP contribution is 2.29. The summed E-state index contributed by atoms with van der Waals surface area (Å²) in [7, 11) is 0. The van der Waals surface area contributed by atoms with Gasteiger partial charge in [-0.2, -0.15) is 0 Å². The van der Waals surface area contributed by atoms with Crippen molar-refractivity contribution in [2.45, 2.75) is 13.5 Å². The van der Waals surface area contributed by atoms with Gasteiger partial charge >= 0.3 is 5.97 Å². The van der Waals surface area contributed by atoms with Gasteiger partial charge in [-0.1, -0.05) is 19.1 Å². The van der Waals surface area contributed by atoms with Crippen LogP contribution in [-0.2, 0) is 6.54 Å². The average Bonchev–Trinajstić information content (AvgIpc) is 2.89. The van der Waals surface area contributed by atoms with Crippen molar-refractivity contribution < 1.29 is 18.7 Å². The molecular weight excluding hydrogens is 287 g/mol. The number of benzene rings is 1. The largest absolute Gasteiger partial charge is 0.475 e. The van der Waals surface area contributed by atoms with Gasteiger partial charge in [-0.25, -0.2) is 9.18 Å². The normalized spacial score (nSPS) is 17.2. The second-order valence-electron chi connectivity index (χ2n) is 5.54. The predicted octanol–water partition coefficient (Wildman–Crippen LogP) is 2.41. The van der Waals surface area contributed by atoms with Gasteiger partial charge in [0.25, 0.3) is 0 Å². The van der Waals surface area contributed by atoms with E-state index >= 15 is 0 Å². The van der Waals surface area contributed by atoms with Gasteiger partial charge in [-0.3, -0.25) is 4.90 Å². The highest BCUT2D eigenvalue weighted by molar-refractivity contribution is 5.95. The van der Waals surface area contributed by atoms with E-state index in [0.29, 0.717) is 17.5 Å². The quantitative estimate of drug-likeness (QED) is 0.940. The molecule has 0 amide bonds. The molecule has 0 bridgehead atoms. The summed E-state index contributed by atoms with van der Waals surface area (Å²) < 4.78 is 19.1. The highest BCUT2D eigenvalue weighted by Gasteiger charge is 2.25. The number of nitrogens with zero attached hydrogens (tertiary/aromatic N) is 2. The molecule has 0 atom stereocenters. The van der Waals surface area contributed by atoms with E-state index in [-0.39, 0.29) is 11.3 Å². The van der Waals surface area contributed by atoms with Crippen molar-refractivity contribution >= 4 is 16.9 Å². The van der Waals surface area contributed by atoms with E-state index in [4.69, 9.17) is 4.42 Å². The Hall–Kier alpha value is -1.92. The van der Waals surface area contributed by atoms with Crippen LogP contribution < -0.4 is 0 Å². The second kappa shape index (κ2) is 6.06. The smallest absolute Gasteiger partial charge is 0.372 e. The Bertz CT molecular complexity index is 690. The number of aromatic carboxylic acids is 1. The molecule has 1 aromatic heterocycles.